The number of aromatic amines is 1. The molecule has 0 fully saturated rings. The van der Waals surface area contributed by atoms with E-state index in [-0.39, 0.29) is 5.91 Å². The standard InChI is InChI=1S/C19H21N3OS/c23-19(20-13-6-14-24-15-7-2-1-3-8-15)12-11-18-21-16-9-4-5-10-17(16)22-18/h1-5,7-10H,6,11-14H2,(H,20,23)(H,21,22). The summed E-state index contributed by atoms with van der Waals surface area (Å²) in [5.41, 5.74) is 1.97. The number of nitrogens with one attached hydrogen (secondary N) is 2. The fourth-order valence-corrected chi connectivity index (χ4v) is 3.33. The predicted octanol–water partition coefficient (Wildman–Crippen LogP) is 3.79. The average Bonchev–Trinajstić information content (AvgIpc) is 3.03. The number of aromatic nitrogens is 2. The minimum Gasteiger partial charge on any atom is -0.356 e. The first-order valence-corrected chi connectivity index (χ1v) is 9.18. The molecule has 0 aliphatic heterocycles. The van der Waals surface area contributed by atoms with Gasteiger partial charge in [-0.05, 0) is 36.4 Å². The number of para-hydroxylation sites is 2. The zero-order chi connectivity index (χ0) is 16.6. The van der Waals surface area contributed by atoms with Crippen LogP contribution in [0.3, 0.4) is 0 Å². The van der Waals surface area contributed by atoms with Crippen LogP contribution >= 0.6 is 11.8 Å². The van der Waals surface area contributed by atoms with Crippen molar-refractivity contribution in [2.45, 2.75) is 24.2 Å². The van der Waals surface area contributed by atoms with Gasteiger partial charge in [0, 0.05) is 24.3 Å². The lowest BCUT2D eigenvalue weighted by Gasteiger charge is -2.04. The summed E-state index contributed by atoms with van der Waals surface area (Å²) < 4.78 is 0. The molecule has 0 saturated carbocycles. The molecule has 2 N–H and O–H groups in total. The number of carbonyl (C=O) groups excluding carboxylic acids is 1. The molecule has 2 aromatic carbocycles. The van der Waals surface area contributed by atoms with Crippen molar-refractivity contribution in [2.75, 3.05) is 12.3 Å². The lowest BCUT2D eigenvalue weighted by molar-refractivity contribution is -0.121. The van der Waals surface area contributed by atoms with Crippen molar-refractivity contribution < 1.29 is 4.79 Å². The molecule has 4 nitrogen and oxygen atoms in total. The molecule has 0 saturated heterocycles. The van der Waals surface area contributed by atoms with Crippen LogP contribution in [0.25, 0.3) is 11.0 Å². The lowest BCUT2D eigenvalue weighted by atomic mass is 10.3. The quantitative estimate of drug-likeness (QED) is 0.485. The molecule has 3 rings (SSSR count). The Hall–Kier alpha value is -2.27. The highest BCUT2D eigenvalue weighted by Gasteiger charge is 2.05. The van der Waals surface area contributed by atoms with Crippen LogP contribution in [0.1, 0.15) is 18.7 Å². The summed E-state index contributed by atoms with van der Waals surface area (Å²) in [6, 6.07) is 18.2. The third kappa shape index (κ3) is 4.86. The molecule has 124 valence electrons. The second kappa shape index (κ2) is 8.55. The van der Waals surface area contributed by atoms with Gasteiger partial charge < -0.3 is 10.3 Å². The maximum absolute atomic E-state index is 11.9. The molecule has 0 bridgehead atoms. The summed E-state index contributed by atoms with van der Waals surface area (Å²) in [7, 11) is 0. The van der Waals surface area contributed by atoms with E-state index < -0.39 is 0 Å². The normalized spacial score (nSPS) is 10.8. The Bertz CT molecular complexity index is 752. The first kappa shape index (κ1) is 16.6. The topological polar surface area (TPSA) is 57.8 Å². The molecule has 0 unspecified atom stereocenters. The van der Waals surface area contributed by atoms with Crippen LogP contribution < -0.4 is 5.32 Å². The molecule has 5 heteroatoms. The smallest absolute Gasteiger partial charge is 0.220 e. The summed E-state index contributed by atoms with van der Waals surface area (Å²) in [5, 5.41) is 2.98. The van der Waals surface area contributed by atoms with Crippen LogP contribution in [0.5, 0.6) is 0 Å². The van der Waals surface area contributed by atoms with E-state index >= 15 is 0 Å². The number of aryl methyl sites for hydroxylation is 1. The van der Waals surface area contributed by atoms with Crippen LogP contribution in [0.15, 0.2) is 59.5 Å². The molecule has 24 heavy (non-hydrogen) atoms. The number of hydrogen-bond donors (Lipinski definition) is 2. The number of H-pyrrole nitrogens is 1. The van der Waals surface area contributed by atoms with Crippen molar-refractivity contribution in [3.63, 3.8) is 0 Å². The SMILES string of the molecule is O=C(CCc1nc2ccccc2[nH]1)NCCCSc1ccccc1. The minimum atomic E-state index is 0.0835. The van der Waals surface area contributed by atoms with Gasteiger partial charge in [0.1, 0.15) is 5.82 Å². The number of carbonyl (C=O) groups is 1. The lowest BCUT2D eigenvalue weighted by Crippen LogP contribution is -2.25. The Morgan fingerprint density at radius 1 is 1.08 bits per heavy atom. The molecule has 0 aliphatic carbocycles. The van der Waals surface area contributed by atoms with Crippen molar-refractivity contribution in [1.82, 2.24) is 15.3 Å². The monoisotopic (exact) mass is 339 g/mol. The van der Waals surface area contributed by atoms with E-state index in [1.165, 1.54) is 4.90 Å². The van der Waals surface area contributed by atoms with Gasteiger partial charge >= 0.3 is 0 Å². The molecular weight excluding hydrogens is 318 g/mol. The Balaban J connectivity index is 1.32. The van der Waals surface area contributed by atoms with Gasteiger partial charge in [0.25, 0.3) is 0 Å². The summed E-state index contributed by atoms with van der Waals surface area (Å²) in [6.45, 7) is 0.721. The molecule has 1 aromatic heterocycles. The number of nitrogens with zero attached hydrogens (tertiary/aromatic N) is 1. The van der Waals surface area contributed by atoms with E-state index in [2.05, 4.69) is 27.4 Å². The van der Waals surface area contributed by atoms with Crippen molar-refractivity contribution in [3.8, 4) is 0 Å². The van der Waals surface area contributed by atoms with Gasteiger partial charge in [-0.1, -0.05) is 30.3 Å². The number of thioether (sulfide) groups is 1. The fraction of sp³-hybridized carbons (Fsp3) is 0.263. The number of hydrogen-bond acceptors (Lipinski definition) is 3. The summed E-state index contributed by atoms with van der Waals surface area (Å²) in [6.07, 6.45) is 2.07. The first-order valence-electron chi connectivity index (χ1n) is 8.19. The summed E-state index contributed by atoms with van der Waals surface area (Å²) in [4.78, 5) is 20.9. The van der Waals surface area contributed by atoms with E-state index in [9.17, 15) is 4.79 Å². The molecule has 1 heterocycles. The molecule has 1 amide bonds. The number of rotatable bonds is 8. The molecular formula is C19H21N3OS. The van der Waals surface area contributed by atoms with Crippen molar-refractivity contribution in [3.05, 3.63) is 60.4 Å². The molecule has 3 aromatic rings. The summed E-state index contributed by atoms with van der Waals surface area (Å²) in [5.74, 6) is 1.96. The first-order chi connectivity index (χ1) is 11.8. The highest BCUT2D eigenvalue weighted by molar-refractivity contribution is 7.99. The van der Waals surface area contributed by atoms with Gasteiger partial charge in [-0.25, -0.2) is 4.98 Å². The Labute approximate surface area is 146 Å². The molecule has 0 aliphatic rings. The Kier molecular flexibility index (Phi) is 5.90. The largest absolute Gasteiger partial charge is 0.356 e. The van der Waals surface area contributed by atoms with Gasteiger partial charge in [-0.3, -0.25) is 4.79 Å². The van der Waals surface area contributed by atoms with Crippen molar-refractivity contribution in [2.24, 2.45) is 0 Å². The van der Waals surface area contributed by atoms with E-state index in [1.807, 2.05) is 54.2 Å². The molecule has 0 spiro atoms. The van der Waals surface area contributed by atoms with Gasteiger partial charge in [0.15, 0.2) is 0 Å². The van der Waals surface area contributed by atoms with Gasteiger partial charge in [0.05, 0.1) is 11.0 Å². The minimum absolute atomic E-state index is 0.0835. The third-order valence-electron chi connectivity index (χ3n) is 3.68. The fourth-order valence-electron chi connectivity index (χ4n) is 2.45. The zero-order valence-electron chi connectivity index (χ0n) is 13.5. The Morgan fingerprint density at radius 2 is 1.88 bits per heavy atom. The predicted molar refractivity (Wildman–Crippen MR) is 99.2 cm³/mol. The number of benzene rings is 2. The van der Waals surface area contributed by atoms with Gasteiger partial charge in [-0.15, -0.1) is 11.8 Å². The van der Waals surface area contributed by atoms with Crippen LogP contribution in [-0.2, 0) is 11.2 Å². The van der Waals surface area contributed by atoms with E-state index in [0.29, 0.717) is 12.8 Å². The number of imidazole rings is 1. The second-order valence-electron chi connectivity index (χ2n) is 5.57. The van der Waals surface area contributed by atoms with Crippen LogP contribution in [-0.4, -0.2) is 28.2 Å². The maximum Gasteiger partial charge on any atom is 0.220 e. The summed E-state index contributed by atoms with van der Waals surface area (Å²) >= 11 is 1.82. The van der Waals surface area contributed by atoms with Gasteiger partial charge in [-0.2, -0.15) is 0 Å². The van der Waals surface area contributed by atoms with Crippen LogP contribution in [0.4, 0.5) is 0 Å². The van der Waals surface area contributed by atoms with Crippen LogP contribution in [0.2, 0.25) is 0 Å². The van der Waals surface area contributed by atoms with Crippen LogP contribution in [0, 0.1) is 0 Å². The number of fused-ring (bicyclic) bond motifs is 1. The highest BCUT2D eigenvalue weighted by Crippen LogP contribution is 2.17. The van der Waals surface area contributed by atoms with E-state index in [1.54, 1.807) is 0 Å². The average molecular weight is 339 g/mol. The van der Waals surface area contributed by atoms with Gasteiger partial charge in [0.2, 0.25) is 5.91 Å². The van der Waals surface area contributed by atoms with Crippen molar-refractivity contribution >= 4 is 28.7 Å². The number of amides is 1. The van der Waals surface area contributed by atoms with E-state index in [4.69, 9.17) is 0 Å². The maximum atomic E-state index is 11.9. The molecule has 0 radical (unpaired) electrons. The zero-order valence-corrected chi connectivity index (χ0v) is 14.3. The molecule has 0 atom stereocenters. The van der Waals surface area contributed by atoms with Crippen molar-refractivity contribution in [1.29, 1.82) is 0 Å². The third-order valence-corrected chi connectivity index (χ3v) is 4.78. The second-order valence-corrected chi connectivity index (χ2v) is 6.73. The van der Waals surface area contributed by atoms with E-state index in [0.717, 1.165) is 35.6 Å². The highest BCUT2D eigenvalue weighted by atomic mass is 32.2. The Morgan fingerprint density at radius 3 is 2.71 bits per heavy atom.